The summed E-state index contributed by atoms with van der Waals surface area (Å²) >= 11 is 0. The van der Waals surface area contributed by atoms with Gasteiger partial charge in [-0.1, -0.05) is 18.9 Å². The maximum absolute atomic E-state index is 11.4. The Balaban J connectivity index is 1.98. The fraction of sp³-hybridized carbons (Fsp3) is 0.400. The summed E-state index contributed by atoms with van der Waals surface area (Å²) in [6, 6.07) is 5.41. The van der Waals surface area contributed by atoms with Gasteiger partial charge in [0.1, 0.15) is 5.69 Å². The second kappa shape index (κ2) is 5.95. The maximum atomic E-state index is 11.4. The van der Waals surface area contributed by atoms with E-state index in [-0.39, 0.29) is 10.6 Å². The first kappa shape index (κ1) is 13.6. The van der Waals surface area contributed by atoms with Crippen LogP contribution in [0.2, 0.25) is 0 Å². The van der Waals surface area contributed by atoms with Gasteiger partial charge in [0.05, 0.1) is 23.1 Å². The van der Waals surface area contributed by atoms with Crippen molar-refractivity contribution in [2.24, 2.45) is 0 Å². The minimum atomic E-state index is -0.292. The summed E-state index contributed by atoms with van der Waals surface area (Å²) in [6.45, 7) is 1.79. The van der Waals surface area contributed by atoms with Crippen LogP contribution in [0.3, 0.4) is 0 Å². The summed E-state index contributed by atoms with van der Waals surface area (Å²) in [6.07, 6.45) is 7.85. The van der Waals surface area contributed by atoms with Crippen LogP contribution in [0.4, 0.5) is 11.4 Å². The fourth-order valence-corrected chi connectivity index (χ4v) is 2.83. The smallest absolute Gasteiger partial charge is 0.293 e. The lowest BCUT2D eigenvalue weighted by atomic mass is 10.1. The average molecular weight is 286 g/mol. The second-order valence-corrected chi connectivity index (χ2v) is 5.33. The number of anilines is 1. The molecule has 0 spiro atoms. The summed E-state index contributed by atoms with van der Waals surface area (Å²) in [7, 11) is 0. The van der Waals surface area contributed by atoms with E-state index in [1.807, 2.05) is 12.1 Å². The van der Waals surface area contributed by atoms with E-state index in [4.69, 9.17) is 0 Å². The molecular weight excluding hydrogens is 268 g/mol. The molecule has 110 valence electrons. The SMILES string of the molecule is O=[N+]([O-])c1cc(-c2cnc[nH]2)ccc1N1CCCCCC1. The van der Waals surface area contributed by atoms with Crippen molar-refractivity contribution in [2.75, 3.05) is 18.0 Å². The monoisotopic (exact) mass is 286 g/mol. The number of aromatic nitrogens is 2. The number of nitro groups is 1. The molecule has 1 aliphatic rings. The predicted octanol–water partition coefficient (Wildman–Crippen LogP) is 3.37. The molecule has 2 heterocycles. The highest BCUT2D eigenvalue weighted by Gasteiger charge is 2.21. The number of nitrogens with one attached hydrogen (secondary N) is 1. The number of nitro benzene ring substituents is 1. The molecule has 3 rings (SSSR count). The number of hydrogen-bond acceptors (Lipinski definition) is 4. The predicted molar refractivity (Wildman–Crippen MR) is 81.4 cm³/mol. The number of hydrogen-bond donors (Lipinski definition) is 1. The van der Waals surface area contributed by atoms with Crippen LogP contribution in [0, 0.1) is 10.1 Å². The number of benzene rings is 1. The van der Waals surface area contributed by atoms with E-state index >= 15 is 0 Å². The van der Waals surface area contributed by atoms with Crippen LogP contribution in [0.15, 0.2) is 30.7 Å². The van der Waals surface area contributed by atoms with Crippen molar-refractivity contribution in [1.82, 2.24) is 9.97 Å². The van der Waals surface area contributed by atoms with Gasteiger partial charge >= 0.3 is 0 Å². The molecule has 1 saturated heterocycles. The first-order valence-electron chi connectivity index (χ1n) is 7.28. The van der Waals surface area contributed by atoms with Crippen molar-refractivity contribution in [1.29, 1.82) is 0 Å². The Morgan fingerprint density at radius 1 is 1.19 bits per heavy atom. The molecule has 0 aliphatic carbocycles. The molecule has 1 aliphatic heterocycles. The minimum absolute atomic E-state index is 0.170. The van der Waals surface area contributed by atoms with Gasteiger partial charge in [0.25, 0.3) is 5.69 Å². The maximum Gasteiger partial charge on any atom is 0.293 e. The lowest BCUT2D eigenvalue weighted by molar-refractivity contribution is -0.384. The molecule has 0 amide bonds. The van der Waals surface area contributed by atoms with Crippen LogP contribution in [0.5, 0.6) is 0 Å². The average Bonchev–Trinajstić information content (AvgIpc) is 2.89. The number of imidazole rings is 1. The molecule has 1 aromatic carbocycles. The molecule has 0 bridgehead atoms. The largest absolute Gasteiger partial charge is 0.366 e. The standard InChI is InChI=1S/C15H18N4O2/c20-19(21)15-9-12(13-10-16-11-17-13)5-6-14(15)18-7-3-1-2-4-8-18/h5-6,9-11H,1-4,7-8H2,(H,16,17). The zero-order chi connectivity index (χ0) is 14.7. The Morgan fingerprint density at radius 3 is 2.57 bits per heavy atom. The summed E-state index contributed by atoms with van der Waals surface area (Å²) in [5.74, 6) is 0. The topological polar surface area (TPSA) is 75.1 Å². The van der Waals surface area contributed by atoms with E-state index in [2.05, 4.69) is 14.9 Å². The first-order valence-corrected chi connectivity index (χ1v) is 7.28. The van der Waals surface area contributed by atoms with Gasteiger partial charge in [-0.2, -0.15) is 0 Å². The van der Waals surface area contributed by atoms with Gasteiger partial charge in [0.2, 0.25) is 0 Å². The van der Waals surface area contributed by atoms with E-state index in [0.29, 0.717) is 0 Å². The number of nitrogens with zero attached hydrogens (tertiary/aromatic N) is 3. The van der Waals surface area contributed by atoms with Gasteiger partial charge in [-0.15, -0.1) is 0 Å². The number of aromatic amines is 1. The molecule has 0 atom stereocenters. The van der Waals surface area contributed by atoms with Crippen molar-refractivity contribution in [3.63, 3.8) is 0 Å². The van der Waals surface area contributed by atoms with Crippen LogP contribution in [0.25, 0.3) is 11.3 Å². The molecule has 0 unspecified atom stereocenters. The third-order valence-electron chi connectivity index (χ3n) is 3.93. The van der Waals surface area contributed by atoms with Crippen molar-refractivity contribution >= 4 is 11.4 Å². The zero-order valence-electron chi connectivity index (χ0n) is 11.8. The fourth-order valence-electron chi connectivity index (χ4n) is 2.83. The summed E-state index contributed by atoms with van der Waals surface area (Å²) in [4.78, 5) is 20.2. The Labute approximate surface area is 123 Å². The highest BCUT2D eigenvalue weighted by Crippen LogP contribution is 2.33. The summed E-state index contributed by atoms with van der Waals surface area (Å²) in [5, 5.41) is 11.4. The lowest BCUT2D eigenvalue weighted by Crippen LogP contribution is -2.24. The van der Waals surface area contributed by atoms with Gasteiger partial charge in [-0.05, 0) is 18.9 Å². The molecule has 2 aromatic rings. The van der Waals surface area contributed by atoms with Crippen LogP contribution in [-0.4, -0.2) is 28.0 Å². The highest BCUT2D eigenvalue weighted by molar-refractivity contribution is 5.72. The van der Waals surface area contributed by atoms with Crippen molar-refractivity contribution in [3.8, 4) is 11.3 Å². The van der Waals surface area contributed by atoms with Gasteiger partial charge in [-0.25, -0.2) is 4.98 Å². The van der Waals surface area contributed by atoms with Crippen LogP contribution < -0.4 is 4.90 Å². The lowest BCUT2D eigenvalue weighted by Gasteiger charge is -2.22. The highest BCUT2D eigenvalue weighted by atomic mass is 16.6. The Hall–Kier alpha value is -2.37. The number of rotatable bonds is 3. The van der Waals surface area contributed by atoms with Crippen molar-refractivity contribution in [3.05, 3.63) is 40.8 Å². The van der Waals surface area contributed by atoms with Crippen LogP contribution in [-0.2, 0) is 0 Å². The van der Waals surface area contributed by atoms with Gasteiger partial charge in [0.15, 0.2) is 0 Å². The second-order valence-electron chi connectivity index (χ2n) is 5.33. The molecular formula is C15H18N4O2. The Kier molecular flexibility index (Phi) is 3.85. The summed E-state index contributed by atoms with van der Waals surface area (Å²) < 4.78 is 0. The normalized spacial score (nSPS) is 15.7. The molecule has 1 N–H and O–H groups in total. The van der Waals surface area contributed by atoms with E-state index in [1.165, 1.54) is 12.8 Å². The zero-order valence-corrected chi connectivity index (χ0v) is 11.8. The summed E-state index contributed by atoms with van der Waals surface area (Å²) in [5.41, 5.74) is 2.48. The third-order valence-corrected chi connectivity index (χ3v) is 3.93. The van der Waals surface area contributed by atoms with Crippen LogP contribution >= 0.6 is 0 Å². The molecule has 1 aromatic heterocycles. The minimum Gasteiger partial charge on any atom is -0.366 e. The van der Waals surface area contributed by atoms with E-state index < -0.39 is 0 Å². The Morgan fingerprint density at radius 2 is 1.95 bits per heavy atom. The van der Waals surface area contributed by atoms with Gasteiger partial charge < -0.3 is 9.88 Å². The van der Waals surface area contributed by atoms with Gasteiger partial charge in [-0.3, -0.25) is 10.1 Å². The van der Waals surface area contributed by atoms with Crippen LogP contribution in [0.1, 0.15) is 25.7 Å². The van der Waals surface area contributed by atoms with Crippen molar-refractivity contribution < 1.29 is 4.92 Å². The molecule has 21 heavy (non-hydrogen) atoms. The molecule has 6 nitrogen and oxygen atoms in total. The quantitative estimate of drug-likeness (QED) is 0.693. The molecule has 0 radical (unpaired) electrons. The van der Waals surface area contributed by atoms with Gasteiger partial charge in [0, 0.05) is 24.7 Å². The third kappa shape index (κ3) is 2.89. The first-order chi connectivity index (χ1) is 10.3. The molecule has 6 heteroatoms. The molecule has 1 fully saturated rings. The molecule has 0 saturated carbocycles. The van der Waals surface area contributed by atoms with E-state index in [0.717, 1.165) is 42.9 Å². The Bertz CT molecular complexity index is 617. The van der Waals surface area contributed by atoms with E-state index in [9.17, 15) is 10.1 Å². The van der Waals surface area contributed by atoms with Crippen molar-refractivity contribution in [2.45, 2.75) is 25.7 Å². The van der Waals surface area contributed by atoms with E-state index in [1.54, 1.807) is 18.6 Å². The number of H-pyrrole nitrogens is 1.